The van der Waals surface area contributed by atoms with Gasteiger partial charge in [-0.25, -0.2) is 9.18 Å². The van der Waals surface area contributed by atoms with Crippen molar-refractivity contribution >= 4 is 11.7 Å². The number of anilines is 1. The summed E-state index contributed by atoms with van der Waals surface area (Å²) in [5.41, 5.74) is 4.63. The Morgan fingerprint density at radius 3 is 2.55 bits per heavy atom. The van der Waals surface area contributed by atoms with Crippen molar-refractivity contribution < 1.29 is 18.7 Å². The summed E-state index contributed by atoms with van der Waals surface area (Å²) in [6.45, 7) is 7.66. The van der Waals surface area contributed by atoms with E-state index in [2.05, 4.69) is 0 Å². The number of esters is 1. The molecule has 5 heteroatoms. The Kier molecular flexibility index (Phi) is 3.50. The van der Waals surface area contributed by atoms with Gasteiger partial charge in [-0.15, -0.1) is 0 Å². The van der Waals surface area contributed by atoms with E-state index in [-0.39, 0.29) is 23.0 Å². The van der Waals surface area contributed by atoms with Crippen molar-refractivity contribution in [3.8, 4) is 0 Å². The lowest BCUT2D eigenvalue weighted by Crippen LogP contribution is -2.36. The highest BCUT2D eigenvalue weighted by atomic mass is 19.1. The molecule has 4 nitrogen and oxygen atoms in total. The van der Waals surface area contributed by atoms with Crippen molar-refractivity contribution in [3.05, 3.63) is 29.6 Å². The predicted molar refractivity (Wildman–Crippen MR) is 73.9 cm³/mol. The third-order valence-electron chi connectivity index (χ3n) is 3.48. The quantitative estimate of drug-likeness (QED) is 0.669. The van der Waals surface area contributed by atoms with Gasteiger partial charge in [-0.1, -0.05) is 0 Å². The number of halogens is 1. The third kappa shape index (κ3) is 2.93. The number of ether oxygens (including phenoxy) is 2. The van der Waals surface area contributed by atoms with E-state index >= 15 is 0 Å². The van der Waals surface area contributed by atoms with Crippen LogP contribution >= 0.6 is 0 Å². The summed E-state index contributed by atoms with van der Waals surface area (Å²) in [5, 5.41) is 0. The van der Waals surface area contributed by atoms with Crippen LogP contribution < -0.4 is 5.73 Å². The average Bonchev–Trinajstić information content (AvgIpc) is 2.50. The van der Waals surface area contributed by atoms with Crippen LogP contribution in [0.15, 0.2) is 18.2 Å². The van der Waals surface area contributed by atoms with Crippen LogP contribution in [0.2, 0.25) is 0 Å². The van der Waals surface area contributed by atoms with Crippen molar-refractivity contribution in [1.29, 1.82) is 0 Å². The summed E-state index contributed by atoms with van der Waals surface area (Å²) in [7, 11) is 0. The summed E-state index contributed by atoms with van der Waals surface area (Å²) in [6.07, 6.45) is 0.231. The number of hydrogen-bond acceptors (Lipinski definition) is 4. The van der Waals surface area contributed by atoms with E-state index in [1.165, 1.54) is 12.1 Å². The van der Waals surface area contributed by atoms with Crippen molar-refractivity contribution in [2.45, 2.75) is 51.4 Å². The van der Waals surface area contributed by atoms with E-state index in [0.717, 1.165) is 6.07 Å². The first-order valence-corrected chi connectivity index (χ1v) is 6.57. The number of nitrogens with two attached hydrogens (primary N) is 1. The number of carbonyl (C=O) groups excluding carboxylic acids is 1. The van der Waals surface area contributed by atoms with E-state index in [1.807, 2.05) is 27.7 Å². The minimum Gasteiger partial charge on any atom is -0.456 e. The Morgan fingerprint density at radius 2 is 2.05 bits per heavy atom. The Balaban J connectivity index is 2.14. The van der Waals surface area contributed by atoms with Gasteiger partial charge >= 0.3 is 5.97 Å². The highest BCUT2D eigenvalue weighted by Crippen LogP contribution is 2.39. The number of benzene rings is 1. The van der Waals surface area contributed by atoms with Crippen molar-refractivity contribution in [3.63, 3.8) is 0 Å². The molecule has 110 valence electrons. The number of nitrogen functional groups attached to an aromatic ring is 1. The first-order valence-electron chi connectivity index (χ1n) is 6.57. The largest absolute Gasteiger partial charge is 0.456 e. The average molecular weight is 281 g/mol. The van der Waals surface area contributed by atoms with Gasteiger partial charge in [0.25, 0.3) is 0 Å². The highest BCUT2D eigenvalue weighted by Gasteiger charge is 2.48. The van der Waals surface area contributed by atoms with Crippen LogP contribution in [-0.2, 0) is 9.47 Å². The second-order valence-electron chi connectivity index (χ2n) is 6.30. The molecule has 2 N–H and O–H groups in total. The molecule has 0 radical (unpaired) electrons. The highest BCUT2D eigenvalue weighted by molar-refractivity contribution is 5.90. The Hall–Kier alpha value is -1.62. The van der Waals surface area contributed by atoms with Gasteiger partial charge in [-0.2, -0.15) is 0 Å². The van der Waals surface area contributed by atoms with Gasteiger partial charge in [0, 0.05) is 6.42 Å². The fourth-order valence-electron chi connectivity index (χ4n) is 2.55. The van der Waals surface area contributed by atoms with Crippen LogP contribution in [0, 0.1) is 5.82 Å². The van der Waals surface area contributed by atoms with Gasteiger partial charge in [0.15, 0.2) is 0 Å². The molecule has 20 heavy (non-hydrogen) atoms. The standard InChI is InChI=1S/C15H20FNO3/c1-14(2)8-12(15(3,4)20-14)19-13(18)9-5-6-11(17)10(16)7-9/h5-7,12H,8,17H2,1-4H3. The zero-order valence-electron chi connectivity index (χ0n) is 12.2. The first-order chi connectivity index (χ1) is 9.11. The van der Waals surface area contributed by atoms with Crippen LogP contribution in [0.3, 0.4) is 0 Å². The molecule has 0 amide bonds. The van der Waals surface area contributed by atoms with Gasteiger partial charge in [0.05, 0.1) is 16.9 Å². The molecule has 0 aliphatic carbocycles. The van der Waals surface area contributed by atoms with Gasteiger partial charge < -0.3 is 15.2 Å². The minimum absolute atomic E-state index is 0.00668. The topological polar surface area (TPSA) is 61.5 Å². The Bertz CT molecular complexity index is 540. The number of hydrogen-bond donors (Lipinski definition) is 1. The molecule has 1 aromatic carbocycles. The molecule has 1 aliphatic rings. The zero-order valence-corrected chi connectivity index (χ0v) is 12.2. The summed E-state index contributed by atoms with van der Waals surface area (Å²) in [6, 6.07) is 3.90. The van der Waals surface area contributed by atoms with E-state index < -0.39 is 17.4 Å². The molecule has 1 fully saturated rings. The van der Waals surface area contributed by atoms with Crippen molar-refractivity contribution in [1.82, 2.24) is 0 Å². The number of rotatable bonds is 2. The molecular formula is C15H20FNO3. The van der Waals surface area contributed by atoms with Crippen LogP contribution in [0.1, 0.15) is 44.5 Å². The normalized spacial score (nSPS) is 23.6. The van der Waals surface area contributed by atoms with Crippen LogP contribution in [0.25, 0.3) is 0 Å². The molecule has 1 heterocycles. The lowest BCUT2D eigenvalue weighted by atomic mass is 9.97. The maximum absolute atomic E-state index is 13.4. The van der Waals surface area contributed by atoms with Crippen LogP contribution in [0.5, 0.6) is 0 Å². The van der Waals surface area contributed by atoms with Crippen LogP contribution in [0.4, 0.5) is 10.1 Å². The molecule has 1 aromatic rings. The SMILES string of the molecule is CC1(C)CC(OC(=O)c2ccc(N)c(F)c2)C(C)(C)O1. The van der Waals surface area contributed by atoms with E-state index in [0.29, 0.717) is 6.42 Å². The molecule has 0 bridgehead atoms. The van der Waals surface area contributed by atoms with E-state index in [9.17, 15) is 9.18 Å². The monoisotopic (exact) mass is 281 g/mol. The minimum atomic E-state index is -0.623. The second-order valence-corrected chi connectivity index (χ2v) is 6.30. The zero-order chi connectivity index (χ0) is 15.1. The third-order valence-corrected chi connectivity index (χ3v) is 3.48. The fraction of sp³-hybridized carbons (Fsp3) is 0.533. The predicted octanol–water partition coefficient (Wildman–Crippen LogP) is 2.91. The van der Waals surface area contributed by atoms with Crippen LogP contribution in [-0.4, -0.2) is 23.3 Å². The number of carbonyl (C=O) groups is 1. The lowest BCUT2D eigenvalue weighted by Gasteiger charge is -2.26. The van der Waals surface area contributed by atoms with Gasteiger partial charge in [0.1, 0.15) is 17.5 Å². The lowest BCUT2D eigenvalue weighted by molar-refractivity contribution is -0.0924. The Labute approximate surface area is 118 Å². The molecule has 1 atom stereocenters. The summed E-state index contributed by atoms with van der Waals surface area (Å²) >= 11 is 0. The van der Waals surface area contributed by atoms with Gasteiger partial charge in [-0.05, 0) is 45.9 Å². The van der Waals surface area contributed by atoms with Gasteiger partial charge in [0.2, 0.25) is 0 Å². The second kappa shape index (κ2) is 4.74. The van der Waals surface area contributed by atoms with Crippen molar-refractivity contribution in [2.75, 3.05) is 5.73 Å². The maximum Gasteiger partial charge on any atom is 0.338 e. The van der Waals surface area contributed by atoms with Crippen molar-refractivity contribution in [2.24, 2.45) is 0 Å². The van der Waals surface area contributed by atoms with Gasteiger partial charge in [-0.3, -0.25) is 0 Å². The smallest absolute Gasteiger partial charge is 0.338 e. The summed E-state index contributed by atoms with van der Waals surface area (Å²) in [5.74, 6) is -1.19. The molecular weight excluding hydrogens is 261 g/mol. The molecule has 2 rings (SSSR count). The summed E-state index contributed by atoms with van der Waals surface area (Å²) < 4.78 is 24.7. The molecule has 0 spiro atoms. The molecule has 1 aliphatic heterocycles. The fourth-order valence-corrected chi connectivity index (χ4v) is 2.55. The van der Waals surface area contributed by atoms with E-state index in [4.69, 9.17) is 15.2 Å². The summed E-state index contributed by atoms with van der Waals surface area (Å²) in [4.78, 5) is 12.1. The Morgan fingerprint density at radius 1 is 1.40 bits per heavy atom. The molecule has 1 unspecified atom stereocenters. The molecule has 0 aromatic heterocycles. The molecule has 0 saturated carbocycles. The molecule has 1 saturated heterocycles. The maximum atomic E-state index is 13.4. The van der Waals surface area contributed by atoms with E-state index in [1.54, 1.807) is 0 Å². The first kappa shape index (κ1) is 14.8.